The van der Waals surface area contributed by atoms with Crippen LogP contribution in [0.3, 0.4) is 0 Å². The maximum absolute atomic E-state index is 14.9. The van der Waals surface area contributed by atoms with Crippen LogP contribution in [0, 0.1) is 62.6 Å². The molecular weight excluding hydrogens is 882 g/mol. The summed E-state index contributed by atoms with van der Waals surface area (Å²) in [6.07, 6.45) is 12.1. The summed E-state index contributed by atoms with van der Waals surface area (Å²) in [5, 5.41) is 4.37. The zero-order valence-electron chi connectivity index (χ0n) is 43.4. The quantitative estimate of drug-likeness (QED) is 0.211. The number of urea groups is 1. The van der Waals surface area contributed by atoms with E-state index in [0.717, 1.165) is 87.7 Å². The summed E-state index contributed by atoms with van der Waals surface area (Å²) in [6, 6.07) is 17.5. The number of amides is 2. The van der Waals surface area contributed by atoms with E-state index in [1.165, 1.54) is 24.8 Å². The number of allylic oxidation sites excluding steroid dienone is 1. The number of carbonyl (C=O) groups is 4. The van der Waals surface area contributed by atoms with Gasteiger partial charge in [-0.25, -0.2) is 4.79 Å². The molecular formula is C59H82ClN3O6. The van der Waals surface area contributed by atoms with Gasteiger partial charge in [0, 0.05) is 36.5 Å². The third-order valence-electron chi connectivity index (χ3n) is 20.7. The Labute approximate surface area is 418 Å². The van der Waals surface area contributed by atoms with Crippen molar-refractivity contribution >= 4 is 35.4 Å². The number of esters is 2. The molecule has 0 bridgehead atoms. The first-order valence-corrected chi connectivity index (χ1v) is 27.2. The van der Waals surface area contributed by atoms with Gasteiger partial charge in [0.25, 0.3) is 0 Å². The molecule has 69 heavy (non-hydrogen) atoms. The number of nitrogens with one attached hydrogen (secondary N) is 1. The summed E-state index contributed by atoms with van der Waals surface area (Å²) in [5.41, 5.74) is 2.77. The van der Waals surface area contributed by atoms with Crippen molar-refractivity contribution in [2.75, 3.05) is 26.2 Å². The van der Waals surface area contributed by atoms with Crippen LogP contribution in [-0.2, 0) is 37.0 Å². The largest absolute Gasteiger partial charge is 0.462 e. The van der Waals surface area contributed by atoms with Crippen LogP contribution in [0.1, 0.15) is 157 Å². The molecule has 2 aromatic carbocycles. The molecule has 2 amide bonds. The fraction of sp³-hybridized carbons (Fsp3) is 0.695. The Morgan fingerprint density at radius 2 is 1.46 bits per heavy atom. The van der Waals surface area contributed by atoms with Crippen LogP contribution in [0.15, 0.2) is 65.7 Å². The zero-order chi connectivity index (χ0) is 49.3. The van der Waals surface area contributed by atoms with Gasteiger partial charge in [-0.1, -0.05) is 123 Å². The van der Waals surface area contributed by atoms with Crippen LogP contribution in [-0.4, -0.2) is 71.4 Å². The molecule has 9 rings (SSSR count). The van der Waals surface area contributed by atoms with Gasteiger partial charge in [0.15, 0.2) is 5.78 Å². The highest BCUT2D eigenvalue weighted by Crippen LogP contribution is 2.76. The molecule has 376 valence electrons. The van der Waals surface area contributed by atoms with Crippen molar-refractivity contribution in [1.82, 2.24) is 15.1 Å². The second-order valence-electron chi connectivity index (χ2n) is 25.2. The number of nitrogens with zero attached hydrogens (tertiary/aromatic N) is 2. The number of ether oxygens (including phenoxy) is 2. The molecule has 6 aliphatic carbocycles. The number of rotatable bonds is 12. The van der Waals surface area contributed by atoms with E-state index in [2.05, 4.69) is 58.7 Å². The summed E-state index contributed by atoms with van der Waals surface area (Å²) in [5.74, 6) is 0.236. The van der Waals surface area contributed by atoms with Crippen LogP contribution >= 0.6 is 11.6 Å². The number of hydrogen-bond donors (Lipinski definition) is 1. The summed E-state index contributed by atoms with van der Waals surface area (Å²) in [4.78, 5) is 61.3. The summed E-state index contributed by atoms with van der Waals surface area (Å²) >= 11 is 6.30. The van der Waals surface area contributed by atoms with Crippen molar-refractivity contribution in [3.63, 3.8) is 0 Å². The molecule has 7 aliphatic rings. The highest BCUT2D eigenvalue weighted by Gasteiger charge is 2.71. The van der Waals surface area contributed by atoms with Gasteiger partial charge in [-0.15, -0.1) is 0 Å². The standard InChI is InChI=1S/C59H82ClN3O6/c1-38(2)49-45(64)35-59(61-53(67)63(33-32-62-30-14-11-15-31-62)36-39-18-20-41(60)21-19-39)29-28-57(8)42(50(49)59)22-23-47-56(7)26-25-48(55(5,6)46(56)24-27-58(47,57)9)69-52(66)44-34-43(54(44,3)4)51(65)68-37-40-16-12-10-13-17-40/h10,12-13,16-21,38,42-44,46-48H,11,14-15,22-37H2,1-9H3,(H,61,67)/t42-,43+,44-,46+,47-,48+,56+,57-,58-,59-/m1/s1. The number of carbonyl (C=O) groups excluding carboxylic acids is 4. The minimum atomic E-state index is -0.687. The molecule has 10 atom stereocenters. The predicted molar refractivity (Wildman–Crippen MR) is 272 cm³/mol. The lowest BCUT2D eigenvalue weighted by Gasteiger charge is -2.72. The van der Waals surface area contributed by atoms with Gasteiger partial charge in [-0.05, 0) is 163 Å². The molecule has 0 aromatic heterocycles. The number of ketones is 1. The molecule has 10 heteroatoms. The van der Waals surface area contributed by atoms with E-state index in [-0.39, 0.29) is 81.8 Å². The summed E-state index contributed by atoms with van der Waals surface area (Å²) < 4.78 is 12.4. The van der Waals surface area contributed by atoms with Crippen molar-refractivity contribution in [2.45, 2.75) is 171 Å². The Hall–Kier alpha value is -3.69. The minimum Gasteiger partial charge on any atom is -0.462 e. The summed E-state index contributed by atoms with van der Waals surface area (Å²) in [6.45, 7) is 25.1. The summed E-state index contributed by atoms with van der Waals surface area (Å²) in [7, 11) is 0. The van der Waals surface area contributed by atoms with E-state index in [1.54, 1.807) is 0 Å². The number of halogens is 1. The maximum Gasteiger partial charge on any atom is 0.318 e. The first kappa shape index (κ1) is 50.3. The highest BCUT2D eigenvalue weighted by molar-refractivity contribution is 6.30. The normalized spacial score (nSPS) is 35.7. The number of benzene rings is 2. The fourth-order valence-electron chi connectivity index (χ4n) is 16.5. The molecule has 2 aromatic rings. The number of hydrogen-bond acceptors (Lipinski definition) is 7. The van der Waals surface area contributed by atoms with Gasteiger partial charge in [-0.2, -0.15) is 0 Å². The maximum atomic E-state index is 14.9. The van der Waals surface area contributed by atoms with Crippen LogP contribution in [0.5, 0.6) is 0 Å². The molecule has 9 nitrogen and oxygen atoms in total. The van der Waals surface area contributed by atoms with Gasteiger partial charge < -0.3 is 24.6 Å². The molecule has 0 radical (unpaired) electrons. The van der Waals surface area contributed by atoms with E-state index in [4.69, 9.17) is 21.1 Å². The second-order valence-corrected chi connectivity index (χ2v) is 25.6. The molecule has 1 N–H and O–H groups in total. The van der Waals surface area contributed by atoms with E-state index >= 15 is 0 Å². The van der Waals surface area contributed by atoms with E-state index < -0.39 is 11.0 Å². The molecule has 0 unspecified atom stereocenters. The van der Waals surface area contributed by atoms with Crippen molar-refractivity contribution in [3.8, 4) is 0 Å². The molecule has 6 fully saturated rings. The first-order valence-electron chi connectivity index (χ1n) is 26.9. The van der Waals surface area contributed by atoms with E-state index in [0.29, 0.717) is 42.8 Å². The lowest BCUT2D eigenvalue weighted by atomic mass is 9.33. The van der Waals surface area contributed by atoms with Gasteiger partial charge >= 0.3 is 18.0 Å². The number of piperidine rings is 1. The van der Waals surface area contributed by atoms with Gasteiger partial charge in [0.05, 0.1) is 17.4 Å². The van der Waals surface area contributed by atoms with Gasteiger partial charge in [-0.3, -0.25) is 14.4 Å². The predicted octanol–water partition coefficient (Wildman–Crippen LogP) is 12.4. The van der Waals surface area contributed by atoms with Crippen molar-refractivity contribution in [1.29, 1.82) is 0 Å². The average Bonchev–Trinajstić information content (AvgIpc) is 3.60. The molecule has 5 saturated carbocycles. The van der Waals surface area contributed by atoms with Crippen LogP contribution in [0.2, 0.25) is 5.02 Å². The van der Waals surface area contributed by atoms with Gasteiger partial charge in [0.2, 0.25) is 0 Å². The van der Waals surface area contributed by atoms with Crippen LogP contribution < -0.4 is 5.32 Å². The van der Waals surface area contributed by atoms with Crippen LogP contribution in [0.25, 0.3) is 0 Å². The average molecular weight is 965 g/mol. The van der Waals surface area contributed by atoms with Crippen molar-refractivity contribution < 1.29 is 28.7 Å². The molecule has 1 aliphatic heterocycles. The number of Topliss-reactive ketones (excluding diaryl/α,β-unsaturated/α-hetero) is 1. The molecule has 0 spiro atoms. The Balaban J connectivity index is 0.912. The first-order chi connectivity index (χ1) is 32.6. The SMILES string of the molecule is CC(C)C1=C2[C@H]3CC[C@@H]4[C@@]5(C)CC[C@H](OC(=O)[C@H]6C[C@@H](C(=O)OCc7ccccc7)C6(C)C)C(C)(C)[C@@H]5CC[C@@]4(C)[C@]3(C)CC[C@@]2(NC(=O)N(CCN2CCCCC2)Cc2ccc(Cl)cc2)CC1=O. The third-order valence-corrected chi connectivity index (χ3v) is 21.0. The number of likely N-dealkylation sites (tertiary alicyclic amines) is 1. The van der Waals surface area contributed by atoms with Crippen LogP contribution in [0.4, 0.5) is 4.79 Å². The van der Waals surface area contributed by atoms with E-state index in [1.807, 2.05) is 73.3 Å². The monoisotopic (exact) mass is 964 g/mol. The molecule has 1 saturated heterocycles. The second kappa shape index (κ2) is 18.7. The third kappa shape index (κ3) is 8.71. The lowest BCUT2D eigenvalue weighted by molar-refractivity contribution is -0.235. The van der Waals surface area contributed by atoms with Crippen molar-refractivity contribution in [3.05, 3.63) is 81.9 Å². The van der Waals surface area contributed by atoms with Crippen molar-refractivity contribution in [2.24, 2.45) is 62.6 Å². The Morgan fingerprint density at radius 1 is 0.768 bits per heavy atom. The Morgan fingerprint density at radius 3 is 2.14 bits per heavy atom. The lowest BCUT2D eigenvalue weighted by Crippen LogP contribution is -2.67. The zero-order valence-corrected chi connectivity index (χ0v) is 44.2. The highest BCUT2D eigenvalue weighted by atomic mass is 35.5. The molecule has 1 heterocycles. The van der Waals surface area contributed by atoms with Gasteiger partial charge in [0.1, 0.15) is 12.7 Å². The topological polar surface area (TPSA) is 105 Å². The van der Waals surface area contributed by atoms with E-state index in [9.17, 15) is 19.2 Å². The Bertz CT molecular complexity index is 2300. The fourth-order valence-corrected chi connectivity index (χ4v) is 16.6. The smallest absolute Gasteiger partial charge is 0.318 e. The number of fused-ring (bicyclic) bond motifs is 7. The minimum absolute atomic E-state index is 0.0206. The Kier molecular flexibility index (Phi) is 13.6.